The van der Waals surface area contributed by atoms with Crippen molar-refractivity contribution in [3.05, 3.63) is 59.2 Å². The lowest BCUT2D eigenvalue weighted by Gasteiger charge is -2.40. The van der Waals surface area contributed by atoms with Crippen LogP contribution in [0.2, 0.25) is 0 Å². The number of primary amides is 1. The summed E-state index contributed by atoms with van der Waals surface area (Å²) in [5, 5.41) is 2.90. The van der Waals surface area contributed by atoms with Gasteiger partial charge in [-0.15, -0.1) is 0 Å². The molecule has 7 nitrogen and oxygen atoms in total. The van der Waals surface area contributed by atoms with Crippen molar-refractivity contribution < 1.29 is 9.59 Å². The summed E-state index contributed by atoms with van der Waals surface area (Å²) in [6.07, 6.45) is 1.16. The molecule has 0 aromatic heterocycles. The van der Waals surface area contributed by atoms with Crippen LogP contribution in [-0.4, -0.2) is 62.5 Å². The van der Waals surface area contributed by atoms with Crippen molar-refractivity contribution in [1.82, 2.24) is 10.2 Å². The summed E-state index contributed by atoms with van der Waals surface area (Å²) in [6, 6.07) is 13.9. The Morgan fingerprint density at radius 3 is 2.44 bits per heavy atom. The SMILES string of the molecule is CC1(CN2CCN(c3ccc4c(c3)CNC4=O)CC2)CCN(c2ccc(C(N)=O)cc2)C1. The Hall–Kier alpha value is -3.06. The first-order valence-corrected chi connectivity index (χ1v) is 11.4. The molecule has 3 N–H and O–H groups in total. The lowest BCUT2D eigenvalue weighted by Crippen LogP contribution is -2.50. The van der Waals surface area contributed by atoms with E-state index < -0.39 is 0 Å². The van der Waals surface area contributed by atoms with Gasteiger partial charge in [-0.2, -0.15) is 0 Å². The van der Waals surface area contributed by atoms with Crippen molar-refractivity contribution >= 4 is 23.2 Å². The quantitative estimate of drug-likeness (QED) is 0.755. The highest BCUT2D eigenvalue weighted by atomic mass is 16.2. The van der Waals surface area contributed by atoms with Crippen LogP contribution in [0.25, 0.3) is 0 Å². The molecule has 0 spiro atoms. The highest BCUT2D eigenvalue weighted by Gasteiger charge is 2.36. The second kappa shape index (κ2) is 8.13. The van der Waals surface area contributed by atoms with Crippen molar-refractivity contribution in [2.75, 3.05) is 55.6 Å². The van der Waals surface area contributed by atoms with E-state index in [0.717, 1.165) is 69.0 Å². The third-order valence-corrected chi connectivity index (χ3v) is 7.19. The summed E-state index contributed by atoms with van der Waals surface area (Å²) in [5.74, 6) is -0.342. The minimum atomic E-state index is -0.382. The van der Waals surface area contributed by atoms with Gasteiger partial charge in [0.2, 0.25) is 5.91 Å². The average molecular weight is 434 g/mol. The predicted octanol–water partition coefficient (Wildman–Crippen LogP) is 2.07. The molecular weight excluding hydrogens is 402 g/mol. The molecule has 3 heterocycles. The molecular formula is C25H31N5O2. The Labute approximate surface area is 189 Å². The van der Waals surface area contributed by atoms with Crippen LogP contribution in [0.3, 0.4) is 0 Å². The highest BCUT2D eigenvalue weighted by molar-refractivity contribution is 5.98. The molecule has 7 heteroatoms. The van der Waals surface area contributed by atoms with E-state index >= 15 is 0 Å². The highest BCUT2D eigenvalue weighted by Crippen LogP contribution is 2.34. The number of hydrogen-bond acceptors (Lipinski definition) is 5. The van der Waals surface area contributed by atoms with E-state index in [1.807, 2.05) is 30.3 Å². The maximum atomic E-state index is 11.8. The molecule has 1 atom stereocenters. The zero-order valence-electron chi connectivity index (χ0n) is 18.6. The monoisotopic (exact) mass is 433 g/mol. The lowest BCUT2D eigenvalue weighted by molar-refractivity contribution is 0.0964. The predicted molar refractivity (Wildman–Crippen MR) is 126 cm³/mol. The van der Waals surface area contributed by atoms with Gasteiger partial charge in [0.15, 0.2) is 0 Å². The Morgan fingerprint density at radius 1 is 1.00 bits per heavy atom. The van der Waals surface area contributed by atoms with Crippen LogP contribution < -0.4 is 20.9 Å². The Kier molecular flexibility index (Phi) is 5.29. The first kappa shape index (κ1) is 20.8. The minimum absolute atomic E-state index is 0.0408. The number of amides is 2. The molecule has 2 amide bonds. The van der Waals surface area contributed by atoms with Crippen LogP contribution in [0.15, 0.2) is 42.5 Å². The van der Waals surface area contributed by atoms with E-state index in [9.17, 15) is 9.59 Å². The molecule has 0 bridgehead atoms. The molecule has 1 unspecified atom stereocenters. The zero-order valence-corrected chi connectivity index (χ0v) is 18.6. The number of benzene rings is 2. The van der Waals surface area contributed by atoms with Gasteiger partial charge in [-0.25, -0.2) is 0 Å². The fraction of sp³-hybridized carbons (Fsp3) is 0.440. The summed E-state index contributed by atoms with van der Waals surface area (Å²) >= 11 is 0. The molecule has 2 aromatic rings. The van der Waals surface area contributed by atoms with E-state index in [1.54, 1.807) is 0 Å². The van der Waals surface area contributed by atoms with Crippen LogP contribution in [0.4, 0.5) is 11.4 Å². The van der Waals surface area contributed by atoms with E-state index in [-0.39, 0.29) is 17.2 Å². The maximum absolute atomic E-state index is 11.8. The van der Waals surface area contributed by atoms with Crippen LogP contribution >= 0.6 is 0 Å². The normalized spacial score (nSPS) is 23.3. The molecule has 2 aromatic carbocycles. The first-order chi connectivity index (χ1) is 15.4. The summed E-state index contributed by atoms with van der Waals surface area (Å²) in [6.45, 7) is 10.3. The van der Waals surface area contributed by atoms with E-state index in [4.69, 9.17) is 5.73 Å². The molecule has 3 aliphatic rings. The molecule has 32 heavy (non-hydrogen) atoms. The Balaban J connectivity index is 1.16. The standard InChI is InChI=1S/C25H31N5O2/c1-25(8-9-30(17-25)20-4-2-18(3-5-20)23(26)31)16-28-10-12-29(13-11-28)21-6-7-22-19(14-21)15-27-24(22)32/h2-7,14H,8-13,15-17H2,1H3,(H2,26,31)(H,27,32). The van der Waals surface area contributed by atoms with Gasteiger partial charge < -0.3 is 20.9 Å². The summed E-state index contributed by atoms with van der Waals surface area (Å²) in [5.41, 5.74) is 10.5. The smallest absolute Gasteiger partial charge is 0.251 e. The topological polar surface area (TPSA) is 81.9 Å². The number of nitrogens with two attached hydrogens (primary N) is 1. The van der Waals surface area contributed by atoms with Crippen molar-refractivity contribution in [2.24, 2.45) is 11.1 Å². The number of nitrogens with one attached hydrogen (secondary N) is 1. The van der Waals surface area contributed by atoms with E-state index in [0.29, 0.717) is 12.1 Å². The van der Waals surface area contributed by atoms with Gasteiger partial charge in [0.1, 0.15) is 0 Å². The number of carbonyl (C=O) groups excluding carboxylic acids is 2. The number of hydrogen-bond donors (Lipinski definition) is 2. The van der Waals surface area contributed by atoms with Gasteiger partial charge in [-0.05, 0) is 59.9 Å². The van der Waals surface area contributed by atoms with Crippen molar-refractivity contribution in [3.63, 3.8) is 0 Å². The minimum Gasteiger partial charge on any atom is -0.371 e. The Morgan fingerprint density at radius 2 is 1.72 bits per heavy atom. The molecule has 168 valence electrons. The molecule has 0 aliphatic carbocycles. The van der Waals surface area contributed by atoms with Gasteiger partial charge in [0, 0.05) is 74.9 Å². The maximum Gasteiger partial charge on any atom is 0.251 e. The zero-order chi connectivity index (χ0) is 22.3. The molecule has 5 rings (SSSR count). The number of carbonyl (C=O) groups is 2. The number of nitrogens with zero attached hydrogens (tertiary/aromatic N) is 3. The number of fused-ring (bicyclic) bond motifs is 1. The largest absolute Gasteiger partial charge is 0.371 e. The van der Waals surface area contributed by atoms with Crippen molar-refractivity contribution in [1.29, 1.82) is 0 Å². The molecule has 3 aliphatic heterocycles. The average Bonchev–Trinajstić information content (AvgIpc) is 3.37. The summed E-state index contributed by atoms with van der Waals surface area (Å²) in [7, 11) is 0. The fourth-order valence-electron chi connectivity index (χ4n) is 5.33. The van der Waals surface area contributed by atoms with E-state index in [2.05, 4.69) is 39.1 Å². The molecule has 2 saturated heterocycles. The second-order valence-electron chi connectivity index (χ2n) is 9.68. The molecule has 0 radical (unpaired) electrons. The van der Waals surface area contributed by atoms with Crippen molar-refractivity contribution in [3.8, 4) is 0 Å². The number of anilines is 2. The lowest BCUT2D eigenvalue weighted by atomic mass is 9.89. The van der Waals surface area contributed by atoms with Crippen molar-refractivity contribution in [2.45, 2.75) is 19.9 Å². The van der Waals surface area contributed by atoms with Gasteiger partial charge in [-0.1, -0.05) is 6.92 Å². The first-order valence-electron chi connectivity index (χ1n) is 11.4. The summed E-state index contributed by atoms with van der Waals surface area (Å²) in [4.78, 5) is 30.6. The van der Waals surface area contributed by atoms with Crippen LogP contribution in [-0.2, 0) is 6.54 Å². The van der Waals surface area contributed by atoms with Crippen LogP contribution in [0, 0.1) is 5.41 Å². The fourth-order valence-corrected chi connectivity index (χ4v) is 5.33. The van der Waals surface area contributed by atoms with Gasteiger partial charge in [-0.3, -0.25) is 14.5 Å². The van der Waals surface area contributed by atoms with Gasteiger partial charge in [0.05, 0.1) is 0 Å². The number of piperazine rings is 1. The van der Waals surface area contributed by atoms with Gasteiger partial charge in [0.25, 0.3) is 5.91 Å². The third kappa shape index (κ3) is 4.05. The second-order valence-corrected chi connectivity index (χ2v) is 9.68. The van der Waals surface area contributed by atoms with Gasteiger partial charge >= 0.3 is 0 Å². The number of rotatable bonds is 5. The third-order valence-electron chi connectivity index (χ3n) is 7.19. The summed E-state index contributed by atoms with van der Waals surface area (Å²) < 4.78 is 0. The van der Waals surface area contributed by atoms with E-state index in [1.165, 1.54) is 5.69 Å². The Bertz CT molecular complexity index is 1030. The molecule has 0 saturated carbocycles. The molecule has 2 fully saturated rings. The van der Waals surface area contributed by atoms with Crippen LogP contribution in [0.1, 0.15) is 39.6 Å². The van der Waals surface area contributed by atoms with Crippen LogP contribution in [0.5, 0.6) is 0 Å².